The number of likely N-dealkylation sites (N-methyl/N-ethyl adjacent to an activating group) is 1. The lowest BCUT2D eigenvalue weighted by Crippen LogP contribution is -3.12. The van der Waals surface area contributed by atoms with Gasteiger partial charge in [0.2, 0.25) is 0 Å². The number of halogens is 1. The predicted octanol–water partition coefficient (Wildman–Crippen LogP) is 2.23. The largest absolute Gasteiger partial charge is 0.334 e. The number of piperazine rings is 1. The Kier molecular flexibility index (Phi) is 5.65. The van der Waals surface area contributed by atoms with Gasteiger partial charge in [-0.2, -0.15) is 5.10 Å². The second kappa shape index (κ2) is 7.80. The molecule has 1 amide bonds. The van der Waals surface area contributed by atoms with E-state index in [0.29, 0.717) is 0 Å². The van der Waals surface area contributed by atoms with E-state index in [1.165, 1.54) is 17.0 Å². The van der Waals surface area contributed by atoms with Crippen molar-refractivity contribution in [2.24, 2.45) is 0 Å². The number of quaternary nitrogens is 1. The Balaban J connectivity index is 2.11. The van der Waals surface area contributed by atoms with Gasteiger partial charge in [0.25, 0.3) is 5.91 Å². The average Bonchev–Trinajstić information content (AvgIpc) is 3.03. The highest BCUT2D eigenvalue weighted by molar-refractivity contribution is 5.97. The first-order valence-corrected chi connectivity index (χ1v) is 9.79. The Morgan fingerprint density at radius 3 is 2.19 bits per heavy atom. The maximum absolute atomic E-state index is 13.5. The van der Waals surface area contributed by atoms with Crippen LogP contribution >= 0.6 is 0 Å². The third kappa shape index (κ3) is 3.90. The van der Waals surface area contributed by atoms with Crippen LogP contribution in [0, 0.1) is 5.82 Å². The van der Waals surface area contributed by atoms with Gasteiger partial charge in [-0.1, -0.05) is 27.7 Å². The molecule has 2 heterocycles. The Morgan fingerprint density at radius 2 is 1.67 bits per heavy atom. The molecule has 6 heteroatoms. The van der Waals surface area contributed by atoms with E-state index in [4.69, 9.17) is 5.10 Å². The monoisotopic (exact) mass is 373 g/mol. The number of nitrogens with zero attached hydrogens (tertiary/aromatic N) is 3. The maximum atomic E-state index is 13.5. The van der Waals surface area contributed by atoms with Crippen molar-refractivity contribution in [1.82, 2.24) is 14.7 Å². The van der Waals surface area contributed by atoms with E-state index < -0.39 is 0 Å². The van der Waals surface area contributed by atoms with Gasteiger partial charge in [-0.3, -0.25) is 4.79 Å². The summed E-state index contributed by atoms with van der Waals surface area (Å²) in [5.74, 6) is 0.0360. The van der Waals surface area contributed by atoms with Crippen LogP contribution in [0.25, 0.3) is 5.69 Å². The summed E-state index contributed by atoms with van der Waals surface area (Å²) in [6.45, 7) is 11.7. The Morgan fingerprint density at radius 1 is 1.07 bits per heavy atom. The standard InChI is InChI=1S/C21H29FN4O/c1-14(2)19-18(21(27)25-12-10-24(5)11-13-25)20(15(3)4)26(23-19)17-8-6-16(22)7-9-17/h6-9,14-15H,10-13H2,1-5H3/p+1. The molecule has 1 aromatic carbocycles. The van der Waals surface area contributed by atoms with Gasteiger partial charge in [0.15, 0.2) is 0 Å². The van der Waals surface area contributed by atoms with Crippen molar-refractivity contribution in [3.05, 3.63) is 47.0 Å². The van der Waals surface area contributed by atoms with Gasteiger partial charge >= 0.3 is 0 Å². The molecule has 146 valence electrons. The maximum Gasteiger partial charge on any atom is 0.258 e. The molecule has 1 aliphatic rings. The molecule has 0 spiro atoms. The minimum Gasteiger partial charge on any atom is -0.334 e. The molecule has 0 unspecified atom stereocenters. The fourth-order valence-electron chi connectivity index (χ4n) is 3.63. The van der Waals surface area contributed by atoms with Gasteiger partial charge in [-0.05, 0) is 36.1 Å². The van der Waals surface area contributed by atoms with Gasteiger partial charge in [0.1, 0.15) is 5.82 Å². The van der Waals surface area contributed by atoms with Crippen LogP contribution in [0.2, 0.25) is 0 Å². The molecule has 0 aliphatic carbocycles. The molecule has 0 saturated carbocycles. The van der Waals surface area contributed by atoms with Gasteiger partial charge in [0.05, 0.1) is 55.9 Å². The van der Waals surface area contributed by atoms with Crippen molar-refractivity contribution in [1.29, 1.82) is 0 Å². The van der Waals surface area contributed by atoms with Crippen LogP contribution in [-0.4, -0.2) is 53.8 Å². The first-order chi connectivity index (χ1) is 12.8. The number of benzene rings is 1. The van der Waals surface area contributed by atoms with Crippen molar-refractivity contribution >= 4 is 5.91 Å². The smallest absolute Gasteiger partial charge is 0.258 e. The SMILES string of the molecule is CC(C)c1nn(-c2ccc(F)cc2)c(C(C)C)c1C(=O)N1CC[NH+](C)CC1. The van der Waals surface area contributed by atoms with Gasteiger partial charge in [-0.15, -0.1) is 0 Å². The number of hydrogen-bond donors (Lipinski definition) is 1. The van der Waals surface area contributed by atoms with Gasteiger partial charge in [-0.25, -0.2) is 9.07 Å². The molecule has 2 aromatic rings. The van der Waals surface area contributed by atoms with E-state index in [9.17, 15) is 9.18 Å². The highest BCUT2D eigenvalue weighted by atomic mass is 19.1. The van der Waals surface area contributed by atoms with E-state index >= 15 is 0 Å². The van der Waals surface area contributed by atoms with Gasteiger partial charge < -0.3 is 9.80 Å². The quantitative estimate of drug-likeness (QED) is 0.893. The van der Waals surface area contributed by atoms with Crippen molar-refractivity contribution in [3.63, 3.8) is 0 Å². The fourth-order valence-corrected chi connectivity index (χ4v) is 3.63. The van der Waals surface area contributed by atoms with Crippen LogP contribution in [0.3, 0.4) is 0 Å². The molecule has 5 nitrogen and oxygen atoms in total. The summed E-state index contributed by atoms with van der Waals surface area (Å²) in [5.41, 5.74) is 3.23. The summed E-state index contributed by atoms with van der Waals surface area (Å²) in [7, 11) is 2.16. The Labute approximate surface area is 160 Å². The van der Waals surface area contributed by atoms with Crippen molar-refractivity contribution in [2.45, 2.75) is 39.5 Å². The molecule has 0 atom stereocenters. The summed E-state index contributed by atoms with van der Waals surface area (Å²) < 4.78 is 15.2. The zero-order valence-corrected chi connectivity index (χ0v) is 16.9. The Hall–Kier alpha value is -2.21. The normalized spacial score (nSPS) is 15.8. The second-order valence-corrected chi connectivity index (χ2v) is 8.09. The molecule has 1 aromatic heterocycles. The molecule has 1 saturated heterocycles. The number of rotatable bonds is 4. The van der Waals surface area contributed by atoms with E-state index in [2.05, 4.69) is 34.7 Å². The molecule has 0 bridgehead atoms. The van der Waals surface area contributed by atoms with Crippen LogP contribution in [0.4, 0.5) is 4.39 Å². The van der Waals surface area contributed by atoms with E-state index in [0.717, 1.165) is 48.8 Å². The van der Waals surface area contributed by atoms with E-state index in [-0.39, 0.29) is 23.6 Å². The minimum absolute atomic E-state index is 0.0725. The fraction of sp³-hybridized carbons (Fsp3) is 0.524. The molecular weight excluding hydrogens is 343 g/mol. The summed E-state index contributed by atoms with van der Waals surface area (Å²) in [6.07, 6.45) is 0. The molecule has 1 fully saturated rings. The summed E-state index contributed by atoms with van der Waals surface area (Å²) in [5, 5.41) is 4.80. The number of amides is 1. The average molecular weight is 373 g/mol. The number of carbonyl (C=O) groups is 1. The first-order valence-electron chi connectivity index (χ1n) is 9.79. The lowest BCUT2D eigenvalue weighted by molar-refractivity contribution is -0.883. The summed E-state index contributed by atoms with van der Waals surface area (Å²) >= 11 is 0. The minimum atomic E-state index is -0.280. The molecule has 1 aliphatic heterocycles. The van der Waals surface area contributed by atoms with Crippen LogP contribution < -0.4 is 4.90 Å². The number of carbonyl (C=O) groups excluding carboxylic acids is 1. The van der Waals surface area contributed by atoms with Crippen molar-refractivity contribution in [2.75, 3.05) is 33.2 Å². The van der Waals surface area contributed by atoms with Crippen LogP contribution in [0.5, 0.6) is 0 Å². The predicted molar refractivity (Wildman–Crippen MR) is 104 cm³/mol. The summed E-state index contributed by atoms with van der Waals surface area (Å²) in [6, 6.07) is 6.29. The van der Waals surface area contributed by atoms with E-state index in [1.54, 1.807) is 12.1 Å². The van der Waals surface area contributed by atoms with Crippen LogP contribution in [-0.2, 0) is 0 Å². The molecule has 0 radical (unpaired) electrons. The third-order valence-electron chi connectivity index (χ3n) is 5.23. The molecule has 1 N–H and O–H groups in total. The Bertz CT molecular complexity index is 802. The number of hydrogen-bond acceptors (Lipinski definition) is 2. The summed E-state index contributed by atoms with van der Waals surface area (Å²) in [4.78, 5) is 16.9. The zero-order valence-electron chi connectivity index (χ0n) is 16.9. The van der Waals surface area contributed by atoms with Crippen LogP contribution in [0.1, 0.15) is 61.3 Å². The third-order valence-corrected chi connectivity index (χ3v) is 5.23. The molecular formula is C21H30FN4O+. The number of aromatic nitrogens is 2. The first kappa shape index (κ1) is 19.5. The van der Waals surface area contributed by atoms with E-state index in [1.807, 2.05) is 9.58 Å². The highest BCUT2D eigenvalue weighted by Gasteiger charge is 2.32. The lowest BCUT2D eigenvalue weighted by atomic mass is 9.97. The zero-order chi connectivity index (χ0) is 19.7. The second-order valence-electron chi connectivity index (χ2n) is 8.09. The van der Waals surface area contributed by atoms with Gasteiger partial charge in [0, 0.05) is 0 Å². The van der Waals surface area contributed by atoms with Crippen molar-refractivity contribution in [3.8, 4) is 5.69 Å². The van der Waals surface area contributed by atoms with Crippen molar-refractivity contribution < 1.29 is 14.1 Å². The highest BCUT2D eigenvalue weighted by Crippen LogP contribution is 2.31. The number of nitrogens with one attached hydrogen (secondary N) is 1. The van der Waals surface area contributed by atoms with Crippen LogP contribution in [0.15, 0.2) is 24.3 Å². The topological polar surface area (TPSA) is 42.6 Å². The lowest BCUT2D eigenvalue weighted by Gasteiger charge is -2.30. The molecule has 27 heavy (non-hydrogen) atoms. The molecule has 3 rings (SSSR count).